The van der Waals surface area contributed by atoms with Crippen LogP contribution in [0.25, 0.3) is 0 Å². The molecule has 0 heterocycles. The summed E-state index contributed by atoms with van der Waals surface area (Å²) in [6.07, 6.45) is 9.14. The number of benzene rings is 1. The molecule has 128 valence electrons. The quantitative estimate of drug-likeness (QED) is 0.779. The molecule has 2 N–H and O–H groups in total. The Morgan fingerprint density at radius 2 is 1.92 bits per heavy atom. The molecule has 1 aromatic carbocycles. The molecule has 2 aliphatic carbocycles. The van der Waals surface area contributed by atoms with E-state index in [4.69, 9.17) is 0 Å². The van der Waals surface area contributed by atoms with E-state index in [1.54, 1.807) is 24.3 Å². The SMILES string of the molecule is C[C@H]1C[C@H]1C(=O)Nc1ccc(C(=O)NCCC2=CCCCC2)cc1. The molecule has 0 aromatic heterocycles. The molecule has 2 aliphatic rings. The molecule has 0 radical (unpaired) electrons. The Balaban J connectivity index is 1.45. The number of nitrogens with one attached hydrogen (secondary N) is 2. The van der Waals surface area contributed by atoms with Crippen LogP contribution in [0.5, 0.6) is 0 Å². The van der Waals surface area contributed by atoms with Crippen LogP contribution in [-0.2, 0) is 4.79 Å². The Bertz CT molecular complexity index is 634. The zero-order valence-electron chi connectivity index (χ0n) is 14.3. The average Bonchev–Trinajstić information content (AvgIpc) is 3.33. The van der Waals surface area contributed by atoms with Crippen LogP contribution >= 0.6 is 0 Å². The first-order chi connectivity index (χ1) is 11.6. The highest BCUT2D eigenvalue weighted by molar-refractivity contribution is 5.96. The van der Waals surface area contributed by atoms with Crippen LogP contribution in [-0.4, -0.2) is 18.4 Å². The summed E-state index contributed by atoms with van der Waals surface area (Å²) < 4.78 is 0. The summed E-state index contributed by atoms with van der Waals surface area (Å²) in [6, 6.07) is 7.12. The van der Waals surface area contributed by atoms with Crippen molar-refractivity contribution in [3.63, 3.8) is 0 Å². The lowest BCUT2D eigenvalue weighted by atomic mass is 9.97. The van der Waals surface area contributed by atoms with Crippen molar-refractivity contribution in [2.45, 2.75) is 45.4 Å². The van der Waals surface area contributed by atoms with Crippen LogP contribution in [0.15, 0.2) is 35.9 Å². The van der Waals surface area contributed by atoms with Gasteiger partial charge in [0.05, 0.1) is 0 Å². The molecule has 2 atom stereocenters. The number of carbonyl (C=O) groups is 2. The Labute approximate surface area is 143 Å². The highest BCUT2D eigenvalue weighted by atomic mass is 16.2. The predicted molar refractivity (Wildman–Crippen MR) is 95.8 cm³/mol. The second kappa shape index (κ2) is 7.65. The molecule has 0 spiro atoms. The number of anilines is 1. The summed E-state index contributed by atoms with van der Waals surface area (Å²) in [6.45, 7) is 2.77. The standard InChI is InChI=1S/C20H26N2O2/c1-14-13-18(14)20(24)22-17-9-7-16(8-10-17)19(23)21-12-11-15-5-3-2-4-6-15/h5,7-10,14,18H,2-4,6,11-13H2,1H3,(H,21,23)(H,22,24)/t14-,18+/m0/s1. The number of carbonyl (C=O) groups excluding carboxylic acids is 2. The summed E-state index contributed by atoms with van der Waals surface area (Å²) >= 11 is 0. The highest BCUT2D eigenvalue weighted by Gasteiger charge is 2.39. The van der Waals surface area contributed by atoms with Gasteiger partial charge in [-0.25, -0.2) is 0 Å². The Morgan fingerprint density at radius 1 is 1.17 bits per heavy atom. The smallest absolute Gasteiger partial charge is 0.251 e. The van der Waals surface area contributed by atoms with Gasteiger partial charge in [0.25, 0.3) is 5.91 Å². The molecule has 3 rings (SSSR count). The van der Waals surface area contributed by atoms with E-state index in [1.807, 2.05) is 0 Å². The van der Waals surface area contributed by atoms with Crippen molar-refractivity contribution < 1.29 is 9.59 Å². The summed E-state index contributed by atoms with van der Waals surface area (Å²) in [5.74, 6) is 0.678. The van der Waals surface area contributed by atoms with Crippen molar-refractivity contribution in [3.8, 4) is 0 Å². The van der Waals surface area contributed by atoms with Crippen LogP contribution in [0.3, 0.4) is 0 Å². The Morgan fingerprint density at radius 3 is 2.54 bits per heavy atom. The highest BCUT2D eigenvalue weighted by Crippen LogP contribution is 2.38. The molecule has 0 aliphatic heterocycles. The van der Waals surface area contributed by atoms with Gasteiger partial charge < -0.3 is 10.6 Å². The van der Waals surface area contributed by atoms with Gasteiger partial charge in [0.15, 0.2) is 0 Å². The third kappa shape index (κ3) is 4.47. The fourth-order valence-corrected chi connectivity index (χ4v) is 3.20. The molecule has 2 amide bonds. The molecule has 0 unspecified atom stereocenters. The van der Waals surface area contributed by atoms with E-state index in [1.165, 1.54) is 31.3 Å². The number of amides is 2. The van der Waals surface area contributed by atoms with Crippen LogP contribution in [0.2, 0.25) is 0 Å². The lowest BCUT2D eigenvalue weighted by molar-refractivity contribution is -0.117. The third-order valence-electron chi connectivity index (χ3n) is 4.98. The van der Waals surface area contributed by atoms with Crippen molar-refractivity contribution in [1.82, 2.24) is 5.32 Å². The summed E-state index contributed by atoms with van der Waals surface area (Å²) in [7, 11) is 0. The summed E-state index contributed by atoms with van der Waals surface area (Å²) in [4.78, 5) is 24.1. The second-order valence-corrected chi connectivity index (χ2v) is 7.00. The maximum Gasteiger partial charge on any atom is 0.251 e. The molecule has 1 fully saturated rings. The van der Waals surface area contributed by atoms with Crippen LogP contribution in [0.4, 0.5) is 5.69 Å². The van der Waals surface area contributed by atoms with Gasteiger partial charge in [0.2, 0.25) is 5.91 Å². The fraction of sp³-hybridized carbons (Fsp3) is 0.500. The number of rotatable bonds is 6. The van der Waals surface area contributed by atoms with E-state index in [-0.39, 0.29) is 17.7 Å². The van der Waals surface area contributed by atoms with E-state index < -0.39 is 0 Å². The predicted octanol–water partition coefficient (Wildman–Crippen LogP) is 3.90. The maximum atomic E-state index is 12.2. The monoisotopic (exact) mass is 326 g/mol. The second-order valence-electron chi connectivity index (χ2n) is 7.00. The molecule has 0 saturated heterocycles. The molecular formula is C20H26N2O2. The van der Waals surface area contributed by atoms with Gasteiger partial charge in [-0.05, 0) is 68.7 Å². The summed E-state index contributed by atoms with van der Waals surface area (Å²) in [5, 5.41) is 5.88. The molecular weight excluding hydrogens is 300 g/mol. The fourth-order valence-electron chi connectivity index (χ4n) is 3.20. The van der Waals surface area contributed by atoms with Gasteiger partial charge in [-0.15, -0.1) is 0 Å². The number of allylic oxidation sites excluding steroid dienone is 1. The van der Waals surface area contributed by atoms with Gasteiger partial charge in [-0.2, -0.15) is 0 Å². The van der Waals surface area contributed by atoms with Crippen molar-refractivity contribution in [2.75, 3.05) is 11.9 Å². The average molecular weight is 326 g/mol. The topological polar surface area (TPSA) is 58.2 Å². The van der Waals surface area contributed by atoms with Gasteiger partial charge >= 0.3 is 0 Å². The lowest BCUT2D eigenvalue weighted by Crippen LogP contribution is -2.25. The molecule has 0 bridgehead atoms. The first-order valence-corrected chi connectivity index (χ1v) is 9.00. The zero-order valence-corrected chi connectivity index (χ0v) is 14.3. The van der Waals surface area contributed by atoms with Crippen molar-refractivity contribution in [3.05, 3.63) is 41.5 Å². The largest absolute Gasteiger partial charge is 0.352 e. The first-order valence-electron chi connectivity index (χ1n) is 9.00. The minimum atomic E-state index is -0.0555. The third-order valence-corrected chi connectivity index (χ3v) is 4.98. The minimum Gasteiger partial charge on any atom is -0.352 e. The lowest BCUT2D eigenvalue weighted by Gasteiger charge is -2.13. The van der Waals surface area contributed by atoms with Gasteiger partial charge in [0.1, 0.15) is 0 Å². The van der Waals surface area contributed by atoms with Crippen molar-refractivity contribution in [1.29, 1.82) is 0 Å². The van der Waals surface area contributed by atoms with E-state index in [2.05, 4.69) is 23.6 Å². The van der Waals surface area contributed by atoms with E-state index in [0.29, 0.717) is 18.0 Å². The van der Waals surface area contributed by atoms with Crippen LogP contribution in [0.1, 0.15) is 55.8 Å². The number of hydrogen-bond acceptors (Lipinski definition) is 2. The zero-order chi connectivity index (χ0) is 16.9. The Hall–Kier alpha value is -2.10. The normalized spacial score (nSPS) is 22.5. The molecule has 4 heteroatoms. The van der Waals surface area contributed by atoms with Crippen molar-refractivity contribution in [2.24, 2.45) is 11.8 Å². The van der Waals surface area contributed by atoms with E-state index >= 15 is 0 Å². The van der Waals surface area contributed by atoms with Gasteiger partial charge in [-0.3, -0.25) is 9.59 Å². The molecule has 1 saturated carbocycles. The first kappa shape index (κ1) is 16.7. The maximum absolute atomic E-state index is 12.2. The van der Waals surface area contributed by atoms with E-state index in [9.17, 15) is 9.59 Å². The van der Waals surface area contributed by atoms with Crippen LogP contribution in [0, 0.1) is 11.8 Å². The molecule has 24 heavy (non-hydrogen) atoms. The van der Waals surface area contributed by atoms with Gasteiger partial charge in [0, 0.05) is 23.7 Å². The summed E-state index contributed by atoms with van der Waals surface area (Å²) in [5.41, 5.74) is 2.85. The van der Waals surface area contributed by atoms with Gasteiger partial charge in [-0.1, -0.05) is 18.6 Å². The van der Waals surface area contributed by atoms with Crippen LogP contribution < -0.4 is 10.6 Å². The molecule has 4 nitrogen and oxygen atoms in total. The van der Waals surface area contributed by atoms with E-state index in [0.717, 1.165) is 18.5 Å². The molecule has 1 aromatic rings. The minimum absolute atomic E-state index is 0.0555. The number of hydrogen-bond donors (Lipinski definition) is 2. The van der Waals surface area contributed by atoms with Crippen molar-refractivity contribution >= 4 is 17.5 Å². The Kier molecular flexibility index (Phi) is 5.34.